The number of rotatable bonds is 5. The molecule has 154 valence electrons. The topological polar surface area (TPSA) is 111 Å². The largest absolute Gasteiger partial charge is 0.493 e. The maximum Gasteiger partial charge on any atom is 0.337 e. The van der Waals surface area contributed by atoms with E-state index in [1.54, 1.807) is 41.1 Å². The van der Waals surface area contributed by atoms with Gasteiger partial charge in [-0.25, -0.2) is 9.78 Å². The predicted molar refractivity (Wildman–Crippen MR) is 113 cm³/mol. The second-order valence-electron chi connectivity index (χ2n) is 6.88. The zero-order valence-corrected chi connectivity index (χ0v) is 17.8. The van der Waals surface area contributed by atoms with E-state index in [4.69, 9.17) is 32.2 Å². The number of aromatic nitrogens is 2. The monoisotopic (exact) mass is 416 g/mol. The molecule has 1 aliphatic rings. The summed E-state index contributed by atoms with van der Waals surface area (Å²) in [6, 6.07) is 5.46. The fraction of sp³-hybridized carbons (Fsp3) is 0.350. The number of carbonyl (C=O) groups excluding carboxylic acids is 1. The molecule has 0 aliphatic carbocycles. The van der Waals surface area contributed by atoms with Gasteiger partial charge in [0.25, 0.3) is 0 Å². The van der Waals surface area contributed by atoms with Crippen molar-refractivity contribution >= 4 is 29.8 Å². The maximum atomic E-state index is 13.0. The second-order valence-corrected chi connectivity index (χ2v) is 7.27. The molecule has 1 atom stereocenters. The molecule has 0 radical (unpaired) electrons. The Morgan fingerprint density at radius 2 is 1.93 bits per heavy atom. The molecule has 1 aromatic heterocycles. The molecule has 0 saturated carbocycles. The van der Waals surface area contributed by atoms with Crippen molar-refractivity contribution in [3.05, 3.63) is 45.4 Å². The summed E-state index contributed by atoms with van der Waals surface area (Å²) in [4.78, 5) is 20.2. The molecule has 8 nitrogen and oxygen atoms in total. The van der Waals surface area contributed by atoms with Crippen LogP contribution in [0.25, 0.3) is 0 Å². The van der Waals surface area contributed by atoms with Gasteiger partial charge in [-0.05, 0) is 50.7 Å². The molecule has 0 bridgehead atoms. The van der Waals surface area contributed by atoms with Crippen LogP contribution in [0.1, 0.15) is 37.8 Å². The third-order valence-corrected chi connectivity index (χ3v) is 4.78. The summed E-state index contributed by atoms with van der Waals surface area (Å²) in [5.74, 6) is 0.985. The summed E-state index contributed by atoms with van der Waals surface area (Å²) in [5, 5.41) is 3.14. The number of aromatic amines is 1. The lowest BCUT2D eigenvalue weighted by Crippen LogP contribution is -2.27. The van der Waals surface area contributed by atoms with Crippen LogP contribution in [-0.4, -0.2) is 36.3 Å². The summed E-state index contributed by atoms with van der Waals surface area (Å²) >= 11 is 5.16. The van der Waals surface area contributed by atoms with Crippen LogP contribution in [0.15, 0.2) is 29.5 Å². The summed E-state index contributed by atoms with van der Waals surface area (Å²) in [6.07, 6.45) is -0.271. The van der Waals surface area contributed by atoms with Gasteiger partial charge in [-0.3, -0.25) is 0 Å². The number of nitrogens with one attached hydrogen (secondary N) is 2. The minimum atomic E-state index is -0.531. The van der Waals surface area contributed by atoms with E-state index in [9.17, 15) is 4.79 Å². The van der Waals surface area contributed by atoms with Crippen molar-refractivity contribution in [3.8, 4) is 11.5 Å². The van der Waals surface area contributed by atoms with Crippen LogP contribution in [0, 0.1) is 4.77 Å². The molecule has 1 aliphatic heterocycles. The SMILES string of the molecule is COc1ccc(C2C(C(=O)OC(C)C)=C(C)Nc3nc(=S)[nH]c(N)c32)cc1OC. The van der Waals surface area contributed by atoms with Gasteiger partial charge in [0.15, 0.2) is 16.3 Å². The third kappa shape index (κ3) is 3.91. The highest BCUT2D eigenvalue weighted by Crippen LogP contribution is 2.45. The van der Waals surface area contributed by atoms with E-state index in [2.05, 4.69) is 15.3 Å². The molecule has 1 unspecified atom stereocenters. The number of fused-ring (bicyclic) bond motifs is 1. The Labute approximate surface area is 174 Å². The van der Waals surface area contributed by atoms with Gasteiger partial charge in [0, 0.05) is 11.3 Å². The average molecular weight is 417 g/mol. The molecule has 0 amide bonds. The number of nitrogen functional groups attached to an aromatic ring is 1. The number of esters is 1. The fourth-order valence-corrected chi connectivity index (χ4v) is 3.61. The van der Waals surface area contributed by atoms with Crippen molar-refractivity contribution in [1.82, 2.24) is 9.97 Å². The zero-order valence-electron chi connectivity index (χ0n) is 17.0. The number of ether oxygens (including phenoxy) is 3. The Morgan fingerprint density at radius 3 is 2.55 bits per heavy atom. The summed E-state index contributed by atoms with van der Waals surface area (Å²) in [5.41, 5.74) is 8.73. The standard InChI is InChI=1S/C20H24N4O4S/c1-9(2)28-19(25)14-10(3)22-18-16(17(21)23-20(29)24-18)15(14)11-6-7-12(26-4)13(8-11)27-5/h6-9,15H,1-5H3,(H4,21,22,23,24,29). The lowest BCUT2D eigenvalue weighted by molar-refractivity contribution is -0.142. The molecule has 2 heterocycles. The number of nitrogens with two attached hydrogens (primary N) is 1. The van der Waals surface area contributed by atoms with Gasteiger partial charge < -0.3 is 30.2 Å². The van der Waals surface area contributed by atoms with Crippen molar-refractivity contribution < 1.29 is 19.0 Å². The number of methoxy groups -OCH3 is 2. The Kier molecular flexibility index (Phi) is 5.78. The van der Waals surface area contributed by atoms with Crippen LogP contribution >= 0.6 is 12.2 Å². The van der Waals surface area contributed by atoms with E-state index in [0.717, 1.165) is 5.56 Å². The van der Waals surface area contributed by atoms with Crippen LogP contribution in [0.5, 0.6) is 11.5 Å². The number of hydrogen-bond acceptors (Lipinski definition) is 8. The van der Waals surface area contributed by atoms with Crippen molar-refractivity contribution in [3.63, 3.8) is 0 Å². The smallest absolute Gasteiger partial charge is 0.337 e. The molecule has 9 heteroatoms. The van der Waals surface area contributed by atoms with Crippen molar-refractivity contribution in [2.75, 3.05) is 25.3 Å². The van der Waals surface area contributed by atoms with Gasteiger partial charge in [0.05, 0.1) is 31.8 Å². The zero-order chi connectivity index (χ0) is 21.3. The van der Waals surface area contributed by atoms with E-state index in [-0.39, 0.29) is 10.9 Å². The van der Waals surface area contributed by atoms with E-state index in [0.29, 0.717) is 40.0 Å². The first-order valence-electron chi connectivity index (χ1n) is 9.07. The number of allylic oxidation sites excluding steroid dienone is 1. The molecular weight excluding hydrogens is 392 g/mol. The maximum absolute atomic E-state index is 13.0. The van der Waals surface area contributed by atoms with Gasteiger partial charge in [-0.15, -0.1) is 0 Å². The lowest BCUT2D eigenvalue weighted by Gasteiger charge is -2.30. The van der Waals surface area contributed by atoms with E-state index >= 15 is 0 Å². The average Bonchev–Trinajstić information content (AvgIpc) is 2.65. The van der Waals surface area contributed by atoms with Crippen molar-refractivity contribution in [2.24, 2.45) is 0 Å². The van der Waals surface area contributed by atoms with E-state index in [1.807, 2.05) is 12.1 Å². The normalized spacial score (nSPS) is 15.6. The Morgan fingerprint density at radius 1 is 1.24 bits per heavy atom. The summed E-state index contributed by atoms with van der Waals surface area (Å²) < 4.78 is 16.5. The van der Waals surface area contributed by atoms with Crippen LogP contribution in [0.4, 0.5) is 11.6 Å². The Balaban J connectivity index is 2.26. The highest BCUT2D eigenvalue weighted by molar-refractivity contribution is 7.71. The molecule has 0 spiro atoms. The number of anilines is 2. The minimum absolute atomic E-state index is 0.251. The van der Waals surface area contributed by atoms with Crippen LogP contribution in [-0.2, 0) is 9.53 Å². The van der Waals surface area contributed by atoms with E-state index < -0.39 is 11.9 Å². The molecule has 3 rings (SSSR count). The summed E-state index contributed by atoms with van der Waals surface area (Å²) in [6.45, 7) is 5.40. The number of benzene rings is 1. The molecule has 0 saturated heterocycles. The first-order chi connectivity index (χ1) is 13.8. The number of hydrogen-bond donors (Lipinski definition) is 3. The van der Waals surface area contributed by atoms with Crippen LogP contribution < -0.4 is 20.5 Å². The van der Waals surface area contributed by atoms with Crippen molar-refractivity contribution in [2.45, 2.75) is 32.8 Å². The van der Waals surface area contributed by atoms with Crippen LogP contribution in [0.3, 0.4) is 0 Å². The van der Waals surface area contributed by atoms with Gasteiger partial charge >= 0.3 is 5.97 Å². The molecular formula is C20H24N4O4S. The summed E-state index contributed by atoms with van der Waals surface area (Å²) in [7, 11) is 3.12. The number of H-pyrrole nitrogens is 1. The van der Waals surface area contributed by atoms with Gasteiger partial charge in [0.2, 0.25) is 0 Å². The number of carbonyl (C=O) groups is 1. The Bertz CT molecular complexity index is 1050. The number of nitrogens with zero attached hydrogens (tertiary/aromatic N) is 1. The molecule has 2 aromatic rings. The molecule has 0 fully saturated rings. The van der Waals surface area contributed by atoms with Crippen LogP contribution in [0.2, 0.25) is 0 Å². The first kappa shape index (κ1) is 20.7. The van der Waals surface area contributed by atoms with Gasteiger partial charge in [0.1, 0.15) is 11.6 Å². The van der Waals surface area contributed by atoms with Crippen molar-refractivity contribution in [1.29, 1.82) is 0 Å². The van der Waals surface area contributed by atoms with Gasteiger partial charge in [-0.1, -0.05) is 6.07 Å². The predicted octanol–water partition coefficient (Wildman–Crippen LogP) is 3.52. The molecule has 1 aromatic carbocycles. The molecule has 29 heavy (non-hydrogen) atoms. The Hall–Kier alpha value is -3.07. The second kappa shape index (κ2) is 8.12. The van der Waals surface area contributed by atoms with Gasteiger partial charge in [-0.2, -0.15) is 0 Å². The quantitative estimate of drug-likeness (QED) is 0.501. The third-order valence-electron chi connectivity index (χ3n) is 4.59. The fourth-order valence-electron chi connectivity index (χ4n) is 3.41. The first-order valence-corrected chi connectivity index (χ1v) is 9.48. The lowest BCUT2D eigenvalue weighted by atomic mass is 9.81. The highest BCUT2D eigenvalue weighted by atomic mass is 32.1. The highest BCUT2D eigenvalue weighted by Gasteiger charge is 2.36. The van der Waals surface area contributed by atoms with E-state index in [1.165, 1.54) is 0 Å². The minimum Gasteiger partial charge on any atom is -0.493 e. The molecule has 4 N–H and O–H groups in total.